The number of nitrogens with one attached hydrogen (secondary N) is 1. The molecule has 0 saturated heterocycles. The Hall–Kier alpha value is -2.89. The van der Waals surface area contributed by atoms with E-state index in [4.69, 9.17) is 4.74 Å². The molecule has 0 aromatic rings. The predicted molar refractivity (Wildman–Crippen MR) is 152 cm³/mol. The SMILES string of the molecule is CCC=CCC=CCC=CCC=CCC=CCCCC(=O)NC(CCCCC(=O)OC(C)(C)C)C(=O)O. The zero-order chi connectivity index (χ0) is 27.8. The van der Waals surface area contributed by atoms with Gasteiger partial charge in [0.05, 0.1) is 0 Å². The van der Waals surface area contributed by atoms with Gasteiger partial charge in [0.2, 0.25) is 5.91 Å². The van der Waals surface area contributed by atoms with Gasteiger partial charge in [0, 0.05) is 12.8 Å². The fourth-order valence-electron chi connectivity index (χ4n) is 3.28. The molecule has 6 nitrogen and oxygen atoms in total. The van der Waals surface area contributed by atoms with Crippen molar-refractivity contribution in [2.75, 3.05) is 0 Å². The monoisotopic (exact) mass is 515 g/mol. The summed E-state index contributed by atoms with van der Waals surface area (Å²) >= 11 is 0. The lowest BCUT2D eigenvalue weighted by Crippen LogP contribution is -2.40. The molecule has 0 fully saturated rings. The summed E-state index contributed by atoms with van der Waals surface area (Å²) in [6, 6.07) is -0.931. The third-order valence-electron chi connectivity index (χ3n) is 5.11. The molecule has 0 bridgehead atoms. The van der Waals surface area contributed by atoms with Gasteiger partial charge in [-0.25, -0.2) is 4.79 Å². The number of carboxylic acids is 1. The number of rotatable bonds is 20. The van der Waals surface area contributed by atoms with Crippen LogP contribution in [0.15, 0.2) is 60.8 Å². The van der Waals surface area contributed by atoms with E-state index in [1.54, 1.807) is 0 Å². The lowest BCUT2D eigenvalue weighted by Gasteiger charge is -2.19. The van der Waals surface area contributed by atoms with Gasteiger partial charge < -0.3 is 15.2 Å². The van der Waals surface area contributed by atoms with Gasteiger partial charge in [-0.3, -0.25) is 9.59 Å². The highest BCUT2D eigenvalue weighted by Crippen LogP contribution is 2.11. The smallest absolute Gasteiger partial charge is 0.326 e. The first kappa shape index (κ1) is 34.1. The summed E-state index contributed by atoms with van der Waals surface area (Å²) in [6.07, 6.45) is 29.6. The van der Waals surface area contributed by atoms with Crippen LogP contribution in [0.5, 0.6) is 0 Å². The van der Waals surface area contributed by atoms with E-state index in [1.165, 1.54) is 0 Å². The van der Waals surface area contributed by atoms with Crippen LogP contribution in [0.3, 0.4) is 0 Å². The Morgan fingerprint density at radius 3 is 1.76 bits per heavy atom. The van der Waals surface area contributed by atoms with Crippen LogP contribution in [-0.4, -0.2) is 34.6 Å². The van der Waals surface area contributed by atoms with Crippen molar-refractivity contribution < 1.29 is 24.2 Å². The highest BCUT2D eigenvalue weighted by atomic mass is 16.6. The second-order valence-electron chi connectivity index (χ2n) is 9.89. The number of carbonyl (C=O) groups excluding carboxylic acids is 2. The number of carbonyl (C=O) groups is 3. The van der Waals surface area contributed by atoms with E-state index < -0.39 is 17.6 Å². The van der Waals surface area contributed by atoms with Gasteiger partial charge in [-0.1, -0.05) is 74.1 Å². The fraction of sp³-hybridized carbons (Fsp3) is 0.581. The Bertz CT molecular complexity index is 784. The van der Waals surface area contributed by atoms with Crippen molar-refractivity contribution in [3.8, 4) is 0 Å². The number of aliphatic carboxylic acids is 1. The van der Waals surface area contributed by atoms with Crippen molar-refractivity contribution in [3.63, 3.8) is 0 Å². The van der Waals surface area contributed by atoms with Crippen molar-refractivity contribution in [1.29, 1.82) is 0 Å². The van der Waals surface area contributed by atoms with E-state index in [0.29, 0.717) is 25.7 Å². The maximum Gasteiger partial charge on any atom is 0.326 e. The molecule has 0 aliphatic heterocycles. The molecule has 0 radical (unpaired) electrons. The summed E-state index contributed by atoms with van der Waals surface area (Å²) in [7, 11) is 0. The highest BCUT2D eigenvalue weighted by molar-refractivity contribution is 5.83. The summed E-state index contributed by atoms with van der Waals surface area (Å²) in [5.41, 5.74) is -0.526. The maximum atomic E-state index is 12.1. The Morgan fingerprint density at radius 1 is 0.757 bits per heavy atom. The number of allylic oxidation sites excluding steroid dienone is 10. The van der Waals surface area contributed by atoms with Crippen molar-refractivity contribution in [3.05, 3.63) is 60.8 Å². The van der Waals surface area contributed by atoms with Crippen molar-refractivity contribution in [2.24, 2.45) is 0 Å². The van der Waals surface area contributed by atoms with Crippen LogP contribution in [0, 0.1) is 0 Å². The van der Waals surface area contributed by atoms with Crippen LogP contribution in [0.4, 0.5) is 0 Å². The first-order valence-electron chi connectivity index (χ1n) is 13.6. The molecule has 0 saturated carbocycles. The molecule has 0 aliphatic rings. The summed E-state index contributed by atoms with van der Waals surface area (Å²) in [5.74, 6) is -1.60. The Balaban J connectivity index is 3.93. The third kappa shape index (κ3) is 24.6. The number of esters is 1. The summed E-state index contributed by atoms with van der Waals surface area (Å²) in [6.45, 7) is 7.56. The van der Waals surface area contributed by atoms with Gasteiger partial charge in [-0.15, -0.1) is 0 Å². The zero-order valence-electron chi connectivity index (χ0n) is 23.4. The van der Waals surface area contributed by atoms with Gasteiger partial charge in [0.1, 0.15) is 11.6 Å². The number of carboxylic acid groups (broad SMARTS) is 1. The standard InChI is InChI=1S/C31H49NO5/c1-5-6-7-8-9-10-11-12-13-14-15-16-17-18-19-20-21-25-28(33)32-27(30(35)36)24-22-23-26-29(34)37-31(2,3)4/h6-7,9-10,12-13,15-16,18-19,27H,5,8,11,14,17,20-26H2,1-4H3,(H,32,33)(H,35,36). The van der Waals surface area contributed by atoms with Crippen LogP contribution in [0.2, 0.25) is 0 Å². The number of hydrogen-bond donors (Lipinski definition) is 2. The van der Waals surface area contributed by atoms with E-state index >= 15 is 0 Å². The molecule has 0 aromatic carbocycles. The molecule has 1 unspecified atom stereocenters. The normalized spacial score (nSPS) is 13.4. The van der Waals surface area contributed by atoms with Crippen molar-refractivity contribution in [2.45, 2.75) is 116 Å². The summed E-state index contributed by atoms with van der Waals surface area (Å²) in [5, 5.41) is 12.0. The topological polar surface area (TPSA) is 92.7 Å². The fourth-order valence-corrected chi connectivity index (χ4v) is 3.28. The lowest BCUT2D eigenvalue weighted by atomic mass is 10.1. The molecular weight excluding hydrogens is 466 g/mol. The molecule has 2 N–H and O–H groups in total. The number of amides is 1. The molecule has 0 heterocycles. The number of ether oxygens (including phenoxy) is 1. The molecule has 1 amide bonds. The Kier molecular flexibility index (Phi) is 20.6. The Labute approximate surface area is 224 Å². The van der Waals surface area contributed by atoms with Crippen LogP contribution in [0.1, 0.15) is 105 Å². The Morgan fingerprint density at radius 2 is 1.27 bits per heavy atom. The van der Waals surface area contributed by atoms with Gasteiger partial charge in [-0.2, -0.15) is 0 Å². The third-order valence-corrected chi connectivity index (χ3v) is 5.11. The maximum absolute atomic E-state index is 12.1. The highest BCUT2D eigenvalue weighted by Gasteiger charge is 2.20. The molecule has 0 aliphatic carbocycles. The number of hydrogen-bond acceptors (Lipinski definition) is 4. The van der Waals surface area contributed by atoms with Crippen molar-refractivity contribution in [1.82, 2.24) is 5.32 Å². The number of unbranched alkanes of at least 4 members (excludes halogenated alkanes) is 2. The molecule has 208 valence electrons. The minimum Gasteiger partial charge on any atom is -0.480 e. The summed E-state index contributed by atoms with van der Waals surface area (Å²) < 4.78 is 5.24. The van der Waals surface area contributed by atoms with Gasteiger partial charge >= 0.3 is 11.9 Å². The second-order valence-corrected chi connectivity index (χ2v) is 9.89. The first-order chi connectivity index (χ1) is 17.7. The predicted octanol–water partition coefficient (Wildman–Crippen LogP) is 7.38. The molecule has 0 aromatic heterocycles. The van der Waals surface area contributed by atoms with Gasteiger partial charge in [-0.05, 0) is 78.6 Å². The van der Waals surface area contributed by atoms with E-state index in [9.17, 15) is 19.5 Å². The van der Waals surface area contributed by atoms with Crippen LogP contribution < -0.4 is 5.32 Å². The van der Waals surface area contributed by atoms with E-state index in [-0.39, 0.29) is 24.7 Å². The lowest BCUT2D eigenvalue weighted by molar-refractivity contribution is -0.155. The van der Waals surface area contributed by atoms with Crippen LogP contribution >= 0.6 is 0 Å². The van der Waals surface area contributed by atoms with Crippen molar-refractivity contribution >= 4 is 17.8 Å². The molecule has 0 rings (SSSR count). The quantitative estimate of drug-likeness (QED) is 0.100. The second kappa shape index (κ2) is 22.3. The molecular formula is C31H49NO5. The van der Waals surface area contributed by atoms with Crippen LogP contribution in [-0.2, 0) is 19.1 Å². The van der Waals surface area contributed by atoms with E-state index in [1.807, 2.05) is 20.8 Å². The molecule has 0 spiro atoms. The van der Waals surface area contributed by atoms with Crippen LogP contribution in [0.25, 0.3) is 0 Å². The average molecular weight is 516 g/mol. The first-order valence-corrected chi connectivity index (χ1v) is 13.6. The molecule has 6 heteroatoms. The molecule has 37 heavy (non-hydrogen) atoms. The minimum atomic E-state index is -1.05. The van der Waals surface area contributed by atoms with Gasteiger partial charge in [0.25, 0.3) is 0 Å². The summed E-state index contributed by atoms with van der Waals surface area (Å²) in [4.78, 5) is 35.3. The average Bonchev–Trinajstić information content (AvgIpc) is 2.81. The minimum absolute atomic E-state index is 0.241. The van der Waals surface area contributed by atoms with E-state index in [0.717, 1.165) is 38.5 Å². The largest absolute Gasteiger partial charge is 0.480 e. The van der Waals surface area contributed by atoms with E-state index in [2.05, 4.69) is 73.0 Å². The molecule has 1 atom stereocenters. The van der Waals surface area contributed by atoms with Gasteiger partial charge in [0.15, 0.2) is 0 Å². The zero-order valence-corrected chi connectivity index (χ0v) is 23.4.